The lowest BCUT2D eigenvalue weighted by molar-refractivity contribution is -0.00566. The van der Waals surface area contributed by atoms with E-state index in [1.54, 1.807) is 5.51 Å². The number of ether oxygens (including phenoxy) is 1. The number of carbonyl (C=O) groups is 1. The van der Waals surface area contributed by atoms with Crippen LogP contribution in [0.5, 0.6) is 0 Å². The van der Waals surface area contributed by atoms with Crippen LogP contribution in [0.25, 0.3) is 10.6 Å². The number of hydrogen-bond donors (Lipinski definition) is 0. The first-order valence-corrected chi connectivity index (χ1v) is 12.8. The number of hydrogen-bond acceptors (Lipinski definition) is 8. The van der Waals surface area contributed by atoms with E-state index in [1.807, 2.05) is 11.8 Å². The second kappa shape index (κ2) is 8.16. The molecule has 0 aromatic carbocycles. The molecule has 33 heavy (non-hydrogen) atoms. The van der Waals surface area contributed by atoms with E-state index in [0.717, 1.165) is 37.6 Å². The molecule has 3 saturated heterocycles. The van der Waals surface area contributed by atoms with Crippen LogP contribution >= 0.6 is 11.3 Å². The fraction of sp³-hybridized carbons (Fsp3) is 0.652. The molecule has 2 aromatic rings. The summed E-state index contributed by atoms with van der Waals surface area (Å²) in [5, 5.41) is 8.81. The fourth-order valence-corrected chi connectivity index (χ4v) is 7.23. The summed E-state index contributed by atoms with van der Waals surface area (Å²) in [5.74, 6) is 0.468. The summed E-state index contributed by atoms with van der Waals surface area (Å²) in [6.07, 6.45) is 7.08. The predicted octanol–water partition coefficient (Wildman–Crippen LogP) is 3.40. The number of rotatable bonds is 4. The Kier molecular flexibility index (Phi) is 5.25. The van der Waals surface area contributed by atoms with Crippen LogP contribution < -0.4 is 4.90 Å². The van der Waals surface area contributed by atoms with Gasteiger partial charge in [-0.05, 0) is 45.1 Å². The number of anilines is 1. The molecule has 10 heteroatoms. The molecule has 0 N–H and O–H groups in total. The van der Waals surface area contributed by atoms with Gasteiger partial charge in [0.25, 0.3) is 0 Å². The maximum atomic E-state index is 14.0. The summed E-state index contributed by atoms with van der Waals surface area (Å²) in [4.78, 5) is 23.5. The molecule has 1 amide bonds. The van der Waals surface area contributed by atoms with E-state index in [1.165, 1.54) is 55.7 Å². The molecule has 8 nitrogen and oxygen atoms in total. The quantitative estimate of drug-likeness (QED) is 0.675. The van der Waals surface area contributed by atoms with Crippen LogP contribution in [-0.4, -0.2) is 82.0 Å². The molecule has 0 radical (unpaired) electrons. The van der Waals surface area contributed by atoms with Crippen molar-refractivity contribution in [3.05, 3.63) is 23.6 Å². The van der Waals surface area contributed by atoms with Crippen molar-refractivity contribution in [2.45, 2.75) is 57.2 Å². The Bertz CT molecular complexity index is 1020. The van der Waals surface area contributed by atoms with Crippen molar-refractivity contribution in [3.8, 4) is 10.6 Å². The third-order valence-electron chi connectivity index (χ3n) is 7.94. The van der Waals surface area contributed by atoms with Crippen molar-refractivity contribution >= 4 is 23.2 Å². The van der Waals surface area contributed by atoms with Crippen LogP contribution in [0.1, 0.15) is 39.0 Å². The molecule has 3 aliphatic heterocycles. The summed E-state index contributed by atoms with van der Waals surface area (Å²) in [6, 6.07) is 3.08. The molecule has 2 aromatic heterocycles. The zero-order valence-corrected chi connectivity index (χ0v) is 19.6. The highest BCUT2D eigenvalue weighted by Gasteiger charge is 2.54. The molecule has 1 aliphatic carbocycles. The van der Waals surface area contributed by atoms with Gasteiger partial charge in [-0.3, -0.25) is 4.90 Å². The van der Waals surface area contributed by atoms with Gasteiger partial charge in [-0.2, -0.15) is 0 Å². The number of pyridine rings is 1. The first kappa shape index (κ1) is 21.2. The second-order valence-electron chi connectivity index (χ2n) is 9.96. The van der Waals surface area contributed by atoms with Crippen LogP contribution in [0.15, 0.2) is 17.8 Å². The molecule has 176 valence electrons. The van der Waals surface area contributed by atoms with E-state index in [0.29, 0.717) is 29.7 Å². The number of nitrogens with zero attached hydrogens (tertiary/aromatic N) is 6. The summed E-state index contributed by atoms with van der Waals surface area (Å²) in [7, 11) is 0. The molecule has 0 unspecified atom stereocenters. The van der Waals surface area contributed by atoms with Gasteiger partial charge in [0, 0.05) is 49.7 Å². The number of fused-ring (bicyclic) bond motifs is 2. The minimum absolute atomic E-state index is 0.168. The summed E-state index contributed by atoms with van der Waals surface area (Å²) in [5.41, 5.74) is 2.68. The Labute approximate surface area is 196 Å². The highest BCUT2D eigenvalue weighted by Crippen LogP contribution is 2.50. The van der Waals surface area contributed by atoms with Gasteiger partial charge in [-0.1, -0.05) is 11.3 Å². The molecule has 1 saturated carbocycles. The van der Waals surface area contributed by atoms with Crippen LogP contribution in [0.2, 0.25) is 0 Å². The number of amides is 1. The van der Waals surface area contributed by atoms with Gasteiger partial charge in [0.2, 0.25) is 0 Å². The fourth-order valence-electron chi connectivity index (χ4n) is 6.66. The SMILES string of the molecule is CCOC(=O)N1CC2(CC[C@@H](N3[C@@H]4CC[C@H]3CN(c3ncc(F)cc3-c3nncs3)C4)C2)C1. The zero-order valence-electron chi connectivity index (χ0n) is 18.8. The number of carbonyl (C=O) groups excluding carboxylic acids is 1. The Balaban J connectivity index is 1.15. The van der Waals surface area contributed by atoms with Crippen molar-refractivity contribution in [3.63, 3.8) is 0 Å². The molecule has 4 fully saturated rings. The standard InChI is InChI=1S/C23H29FN6O2S/c1-2-32-22(31)29-12-23(13-29)6-5-16(8-23)30-17-3-4-18(30)11-28(10-17)20-19(7-15(24)9-25-20)21-27-26-14-33-21/h7,9,14,16-18H,2-6,8,10-13H2,1H3/t16-,17-,18+/m1/s1. The molecule has 2 bridgehead atoms. The van der Waals surface area contributed by atoms with Gasteiger partial charge < -0.3 is 14.5 Å². The highest BCUT2D eigenvalue weighted by molar-refractivity contribution is 7.12. The maximum Gasteiger partial charge on any atom is 0.409 e. The average molecular weight is 473 g/mol. The molecule has 6 rings (SSSR count). The second-order valence-corrected chi connectivity index (χ2v) is 10.8. The summed E-state index contributed by atoms with van der Waals surface area (Å²) in [6.45, 7) is 5.76. The van der Waals surface area contributed by atoms with Crippen molar-refractivity contribution in [2.24, 2.45) is 5.41 Å². The Hall–Kier alpha value is -2.33. The van der Waals surface area contributed by atoms with Gasteiger partial charge in [-0.25, -0.2) is 14.2 Å². The van der Waals surface area contributed by atoms with Crippen LogP contribution in [-0.2, 0) is 4.74 Å². The van der Waals surface area contributed by atoms with Crippen molar-refractivity contribution in [1.29, 1.82) is 0 Å². The minimum atomic E-state index is -0.348. The maximum absolute atomic E-state index is 14.0. The minimum Gasteiger partial charge on any atom is -0.450 e. The van der Waals surface area contributed by atoms with Crippen molar-refractivity contribution in [2.75, 3.05) is 37.7 Å². The normalized spacial score (nSPS) is 28.4. The third-order valence-corrected chi connectivity index (χ3v) is 8.66. The third kappa shape index (κ3) is 3.67. The Morgan fingerprint density at radius 1 is 1.24 bits per heavy atom. The Morgan fingerprint density at radius 3 is 2.73 bits per heavy atom. The average Bonchev–Trinajstić information content (AvgIpc) is 3.51. The van der Waals surface area contributed by atoms with E-state index in [-0.39, 0.29) is 17.3 Å². The zero-order chi connectivity index (χ0) is 22.6. The monoisotopic (exact) mass is 472 g/mol. The van der Waals surface area contributed by atoms with Crippen LogP contribution in [0.3, 0.4) is 0 Å². The number of halogens is 1. The first-order chi connectivity index (χ1) is 16.0. The van der Waals surface area contributed by atoms with E-state index in [4.69, 9.17) is 4.74 Å². The summed E-state index contributed by atoms with van der Waals surface area (Å²) >= 11 is 1.41. The predicted molar refractivity (Wildman–Crippen MR) is 123 cm³/mol. The van der Waals surface area contributed by atoms with Gasteiger partial charge in [0.15, 0.2) is 5.01 Å². The van der Waals surface area contributed by atoms with Gasteiger partial charge >= 0.3 is 6.09 Å². The van der Waals surface area contributed by atoms with Gasteiger partial charge in [-0.15, -0.1) is 10.2 Å². The summed E-state index contributed by atoms with van der Waals surface area (Å²) < 4.78 is 19.2. The van der Waals surface area contributed by atoms with E-state index in [9.17, 15) is 9.18 Å². The van der Waals surface area contributed by atoms with Gasteiger partial charge in [0.1, 0.15) is 17.1 Å². The molecule has 5 heterocycles. The van der Waals surface area contributed by atoms with E-state index in [2.05, 4.69) is 25.0 Å². The molecule has 3 atom stereocenters. The number of likely N-dealkylation sites (tertiary alicyclic amines) is 1. The highest BCUT2D eigenvalue weighted by atomic mass is 32.1. The lowest BCUT2D eigenvalue weighted by atomic mass is 9.78. The molecule has 1 spiro atoms. The molecular formula is C23H29FN6O2S. The number of piperazine rings is 1. The largest absolute Gasteiger partial charge is 0.450 e. The molecule has 4 aliphatic rings. The smallest absolute Gasteiger partial charge is 0.409 e. The van der Waals surface area contributed by atoms with Crippen LogP contribution in [0.4, 0.5) is 15.0 Å². The number of aromatic nitrogens is 3. The van der Waals surface area contributed by atoms with Gasteiger partial charge in [0.05, 0.1) is 18.4 Å². The van der Waals surface area contributed by atoms with Crippen molar-refractivity contribution in [1.82, 2.24) is 25.0 Å². The van der Waals surface area contributed by atoms with E-state index >= 15 is 0 Å². The lowest BCUT2D eigenvalue weighted by Crippen LogP contribution is -2.60. The van der Waals surface area contributed by atoms with Crippen LogP contribution in [0, 0.1) is 11.2 Å². The van der Waals surface area contributed by atoms with E-state index < -0.39 is 0 Å². The Morgan fingerprint density at radius 2 is 2.03 bits per heavy atom. The topological polar surface area (TPSA) is 74.7 Å². The lowest BCUT2D eigenvalue weighted by Gasteiger charge is -2.49. The first-order valence-electron chi connectivity index (χ1n) is 11.9. The van der Waals surface area contributed by atoms with Crippen molar-refractivity contribution < 1.29 is 13.9 Å². The molecular weight excluding hydrogens is 443 g/mol.